The van der Waals surface area contributed by atoms with Crippen LogP contribution in [0.3, 0.4) is 0 Å². The zero-order valence-corrected chi connectivity index (χ0v) is 10.0. The summed E-state index contributed by atoms with van der Waals surface area (Å²) in [5.41, 5.74) is 0.224. The van der Waals surface area contributed by atoms with Crippen molar-refractivity contribution in [2.45, 2.75) is 25.4 Å². The van der Waals surface area contributed by atoms with E-state index in [1.54, 1.807) is 0 Å². The second-order valence-electron chi connectivity index (χ2n) is 4.45. The number of rotatable bonds is 5. The second kappa shape index (κ2) is 4.79. The topological polar surface area (TPSA) is 65.2 Å². The van der Waals surface area contributed by atoms with Crippen LogP contribution in [0, 0.1) is 5.82 Å². The van der Waals surface area contributed by atoms with Crippen molar-refractivity contribution in [1.29, 1.82) is 0 Å². The lowest BCUT2D eigenvalue weighted by Crippen LogP contribution is -1.99. The van der Waals surface area contributed by atoms with Crippen LogP contribution in [0.25, 0.3) is 0 Å². The number of hydrogen-bond donors (Lipinski definition) is 0. The Morgan fingerprint density at radius 3 is 3.00 bits per heavy atom. The molecule has 0 bridgehead atoms. The van der Waals surface area contributed by atoms with Gasteiger partial charge in [0.25, 0.3) is 0 Å². The lowest BCUT2D eigenvalue weighted by molar-refractivity contribution is 0.112. The van der Waals surface area contributed by atoms with Crippen LogP contribution >= 0.6 is 0 Å². The van der Waals surface area contributed by atoms with Crippen LogP contribution in [0.15, 0.2) is 22.7 Å². The third kappa shape index (κ3) is 2.78. The van der Waals surface area contributed by atoms with Gasteiger partial charge in [0.1, 0.15) is 17.9 Å². The largest absolute Gasteiger partial charge is 0.485 e. The Balaban J connectivity index is 1.67. The van der Waals surface area contributed by atoms with E-state index >= 15 is 0 Å². The summed E-state index contributed by atoms with van der Waals surface area (Å²) in [7, 11) is 0. The summed E-state index contributed by atoms with van der Waals surface area (Å²) in [6, 6.07) is 3.80. The Hall–Kier alpha value is -2.24. The predicted molar refractivity (Wildman–Crippen MR) is 62.4 cm³/mol. The standard InChI is InChI=1S/C13H11FN2O3/c14-10-3-8(6-17)4-11(5-10)18-7-12-15-13(19-16-12)9-1-2-9/h3-6,9H,1-2,7H2. The van der Waals surface area contributed by atoms with E-state index in [1.165, 1.54) is 12.1 Å². The van der Waals surface area contributed by atoms with E-state index in [0.29, 0.717) is 23.9 Å². The number of aromatic nitrogens is 2. The van der Waals surface area contributed by atoms with Gasteiger partial charge in [-0.3, -0.25) is 4.79 Å². The van der Waals surface area contributed by atoms with Crippen molar-refractivity contribution in [3.8, 4) is 5.75 Å². The predicted octanol–water partition coefficient (Wildman–Crippen LogP) is 2.48. The fourth-order valence-electron chi connectivity index (χ4n) is 1.71. The number of nitrogens with zero attached hydrogens (tertiary/aromatic N) is 2. The van der Waals surface area contributed by atoms with Crippen molar-refractivity contribution in [2.24, 2.45) is 0 Å². The monoisotopic (exact) mass is 262 g/mol. The summed E-state index contributed by atoms with van der Waals surface area (Å²) in [4.78, 5) is 14.8. The number of ether oxygens (including phenoxy) is 1. The molecule has 1 fully saturated rings. The van der Waals surface area contributed by atoms with Crippen LogP contribution in [0.1, 0.15) is 40.8 Å². The summed E-state index contributed by atoms with van der Waals surface area (Å²) in [5.74, 6) is 1.17. The van der Waals surface area contributed by atoms with Crippen molar-refractivity contribution in [2.75, 3.05) is 0 Å². The Morgan fingerprint density at radius 1 is 1.42 bits per heavy atom. The normalized spacial score (nSPS) is 14.4. The van der Waals surface area contributed by atoms with Gasteiger partial charge in [0, 0.05) is 17.5 Å². The van der Waals surface area contributed by atoms with Crippen molar-refractivity contribution >= 4 is 6.29 Å². The quantitative estimate of drug-likeness (QED) is 0.774. The van der Waals surface area contributed by atoms with E-state index in [4.69, 9.17) is 9.26 Å². The van der Waals surface area contributed by atoms with Crippen molar-refractivity contribution < 1.29 is 18.4 Å². The number of carbonyl (C=O) groups is 1. The SMILES string of the molecule is O=Cc1cc(F)cc(OCc2noc(C3CC3)n2)c1. The highest BCUT2D eigenvalue weighted by Gasteiger charge is 2.29. The van der Waals surface area contributed by atoms with Crippen LogP contribution < -0.4 is 4.74 Å². The molecule has 0 atom stereocenters. The zero-order chi connectivity index (χ0) is 13.2. The Labute approximate surface area is 108 Å². The van der Waals surface area contributed by atoms with Crippen molar-refractivity contribution in [3.63, 3.8) is 0 Å². The molecule has 0 unspecified atom stereocenters. The minimum Gasteiger partial charge on any atom is -0.485 e. The van der Waals surface area contributed by atoms with Gasteiger partial charge in [-0.2, -0.15) is 4.98 Å². The molecule has 0 amide bonds. The Bertz CT molecular complexity index is 608. The number of hydrogen-bond acceptors (Lipinski definition) is 5. The van der Waals surface area contributed by atoms with E-state index in [9.17, 15) is 9.18 Å². The van der Waals surface area contributed by atoms with Gasteiger partial charge in [0.2, 0.25) is 11.7 Å². The zero-order valence-electron chi connectivity index (χ0n) is 10.0. The second-order valence-corrected chi connectivity index (χ2v) is 4.45. The summed E-state index contributed by atoms with van der Waals surface area (Å²) in [6.07, 6.45) is 2.72. The van der Waals surface area contributed by atoms with Crippen molar-refractivity contribution in [3.05, 3.63) is 41.3 Å². The van der Waals surface area contributed by atoms with Crippen LogP contribution in [0.2, 0.25) is 0 Å². The van der Waals surface area contributed by atoms with Crippen LogP contribution in [-0.2, 0) is 6.61 Å². The summed E-state index contributed by atoms with van der Waals surface area (Å²) in [6.45, 7) is 0.0813. The smallest absolute Gasteiger partial charge is 0.229 e. The van der Waals surface area contributed by atoms with Gasteiger partial charge in [-0.25, -0.2) is 4.39 Å². The van der Waals surface area contributed by atoms with Gasteiger partial charge >= 0.3 is 0 Å². The first kappa shape index (κ1) is 11.8. The highest BCUT2D eigenvalue weighted by Crippen LogP contribution is 2.38. The van der Waals surface area contributed by atoms with Gasteiger partial charge in [-0.15, -0.1) is 0 Å². The molecule has 0 radical (unpaired) electrons. The highest BCUT2D eigenvalue weighted by molar-refractivity contribution is 5.75. The maximum Gasteiger partial charge on any atom is 0.229 e. The lowest BCUT2D eigenvalue weighted by Gasteiger charge is -2.03. The van der Waals surface area contributed by atoms with Gasteiger partial charge in [0.15, 0.2) is 6.61 Å². The first-order valence-corrected chi connectivity index (χ1v) is 5.95. The number of benzene rings is 1. The molecule has 0 aliphatic heterocycles. The molecular formula is C13H11FN2O3. The molecular weight excluding hydrogens is 251 g/mol. The van der Waals surface area contributed by atoms with E-state index in [1.807, 2.05) is 0 Å². The van der Waals surface area contributed by atoms with Crippen molar-refractivity contribution in [1.82, 2.24) is 10.1 Å². The molecule has 1 aliphatic rings. The van der Waals surface area contributed by atoms with E-state index in [-0.39, 0.29) is 17.9 Å². The van der Waals surface area contributed by atoms with Gasteiger partial charge < -0.3 is 9.26 Å². The molecule has 5 nitrogen and oxygen atoms in total. The molecule has 1 aromatic carbocycles. The first-order valence-electron chi connectivity index (χ1n) is 5.95. The molecule has 0 spiro atoms. The molecule has 1 aliphatic carbocycles. The number of carbonyl (C=O) groups excluding carboxylic acids is 1. The maximum absolute atomic E-state index is 13.2. The maximum atomic E-state index is 13.2. The summed E-state index contributed by atoms with van der Waals surface area (Å²) in [5, 5.41) is 3.78. The fourth-order valence-corrected chi connectivity index (χ4v) is 1.71. The summed E-state index contributed by atoms with van der Waals surface area (Å²) >= 11 is 0. The van der Waals surface area contributed by atoms with Crippen LogP contribution in [-0.4, -0.2) is 16.4 Å². The van der Waals surface area contributed by atoms with E-state index in [0.717, 1.165) is 18.9 Å². The molecule has 1 aromatic heterocycles. The average Bonchev–Trinajstić information content (AvgIpc) is 3.15. The van der Waals surface area contributed by atoms with E-state index in [2.05, 4.69) is 10.1 Å². The first-order chi connectivity index (χ1) is 9.24. The van der Waals surface area contributed by atoms with E-state index < -0.39 is 5.82 Å². The number of aldehydes is 1. The molecule has 1 heterocycles. The minimum absolute atomic E-state index is 0.0813. The van der Waals surface area contributed by atoms with Crippen LogP contribution in [0.5, 0.6) is 5.75 Å². The Morgan fingerprint density at radius 2 is 2.26 bits per heavy atom. The highest BCUT2D eigenvalue weighted by atomic mass is 19.1. The summed E-state index contributed by atoms with van der Waals surface area (Å²) < 4.78 is 23.6. The van der Waals surface area contributed by atoms with Gasteiger partial charge in [-0.1, -0.05) is 5.16 Å². The third-order valence-electron chi connectivity index (χ3n) is 2.81. The van der Waals surface area contributed by atoms with Gasteiger partial charge in [0.05, 0.1) is 0 Å². The van der Waals surface area contributed by atoms with Gasteiger partial charge in [-0.05, 0) is 25.0 Å². The number of halogens is 1. The molecule has 19 heavy (non-hydrogen) atoms. The van der Waals surface area contributed by atoms with Crippen LogP contribution in [0.4, 0.5) is 4.39 Å². The molecule has 98 valence electrons. The average molecular weight is 262 g/mol. The lowest BCUT2D eigenvalue weighted by atomic mass is 10.2. The Kier molecular flexibility index (Phi) is 2.98. The molecule has 0 N–H and O–H groups in total. The molecule has 0 saturated heterocycles. The fraction of sp³-hybridized carbons (Fsp3) is 0.308. The molecule has 1 saturated carbocycles. The molecule has 3 rings (SSSR count). The minimum atomic E-state index is -0.522. The molecule has 2 aromatic rings. The molecule has 6 heteroatoms. The third-order valence-corrected chi connectivity index (χ3v) is 2.81.